The van der Waals surface area contributed by atoms with Crippen molar-refractivity contribution in [3.63, 3.8) is 0 Å². The number of rotatable bonds is 3. The first kappa shape index (κ1) is 15.5. The molecule has 0 atom stereocenters. The molecule has 118 valence electrons. The fourth-order valence-electron chi connectivity index (χ4n) is 1.96. The molecule has 2 aromatic rings. The Bertz CT molecular complexity index is 808. The summed E-state index contributed by atoms with van der Waals surface area (Å²) in [6.07, 6.45) is 1.43. The monoisotopic (exact) mass is 352 g/mol. The second-order valence-electron chi connectivity index (χ2n) is 4.60. The molecule has 2 aromatic carbocycles. The van der Waals surface area contributed by atoms with Crippen LogP contribution in [0.1, 0.15) is 15.9 Å². The zero-order valence-corrected chi connectivity index (χ0v) is 13.1. The summed E-state index contributed by atoms with van der Waals surface area (Å²) in [7, 11) is 0. The number of carbonyl (C=O) groups excluding carboxylic acids is 1. The summed E-state index contributed by atoms with van der Waals surface area (Å²) in [6.45, 7) is 0.182. The minimum atomic E-state index is -0.635. The predicted molar refractivity (Wildman–Crippen MR) is 85.8 cm³/mol. The Hall–Kier alpha value is -2.44. The molecule has 0 aromatic heterocycles. The van der Waals surface area contributed by atoms with Crippen molar-refractivity contribution in [3.05, 3.63) is 51.5 Å². The number of phenolic OH excluding ortho intramolecular Hbond substituents is 1. The van der Waals surface area contributed by atoms with Gasteiger partial charge in [-0.15, -0.1) is 0 Å². The van der Waals surface area contributed by atoms with Crippen molar-refractivity contribution in [3.8, 4) is 17.2 Å². The Morgan fingerprint density at radius 3 is 2.83 bits per heavy atom. The number of ether oxygens (including phenoxy) is 2. The number of carbonyl (C=O) groups is 1. The van der Waals surface area contributed by atoms with Gasteiger partial charge in [-0.3, -0.25) is 4.79 Å². The highest BCUT2D eigenvalue weighted by Gasteiger charge is 2.15. The summed E-state index contributed by atoms with van der Waals surface area (Å²) in [6, 6.07) is 7.87. The van der Waals surface area contributed by atoms with Gasteiger partial charge in [0.2, 0.25) is 6.79 Å². The molecule has 0 bridgehead atoms. The highest BCUT2D eigenvalue weighted by atomic mass is 35.5. The molecular weight excluding hydrogens is 343 g/mol. The lowest BCUT2D eigenvalue weighted by atomic mass is 10.2. The van der Waals surface area contributed by atoms with Crippen LogP contribution in [0.2, 0.25) is 10.0 Å². The summed E-state index contributed by atoms with van der Waals surface area (Å²) in [5.41, 5.74) is 2.94. The molecule has 1 heterocycles. The van der Waals surface area contributed by atoms with E-state index >= 15 is 0 Å². The van der Waals surface area contributed by atoms with Crippen LogP contribution < -0.4 is 14.9 Å². The first-order valence-electron chi connectivity index (χ1n) is 6.45. The van der Waals surface area contributed by atoms with Crippen molar-refractivity contribution < 1.29 is 19.4 Å². The van der Waals surface area contributed by atoms with E-state index in [0.29, 0.717) is 17.1 Å². The number of halogens is 2. The van der Waals surface area contributed by atoms with E-state index in [1.165, 1.54) is 18.3 Å². The van der Waals surface area contributed by atoms with Crippen LogP contribution in [0.5, 0.6) is 17.2 Å². The number of hydrogen-bond donors (Lipinski definition) is 2. The van der Waals surface area contributed by atoms with E-state index in [9.17, 15) is 9.90 Å². The van der Waals surface area contributed by atoms with E-state index in [1.807, 2.05) is 0 Å². The normalized spacial score (nSPS) is 12.6. The molecule has 23 heavy (non-hydrogen) atoms. The highest BCUT2D eigenvalue weighted by molar-refractivity contribution is 6.36. The standard InChI is InChI=1S/C15H10Cl2N2O4/c16-9-4-10(14(20)11(17)5-9)15(21)19-18-6-8-1-2-12-13(3-8)23-7-22-12/h1-6,20H,7H2,(H,19,21)/b18-6-. The number of nitrogens with zero attached hydrogens (tertiary/aromatic N) is 1. The third-order valence-electron chi connectivity index (χ3n) is 3.05. The summed E-state index contributed by atoms with van der Waals surface area (Å²) in [5, 5.41) is 13.8. The molecule has 6 nitrogen and oxygen atoms in total. The van der Waals surface area contributed by atoms with Crippen molar-refractivity contribution >= 4 is 35.3 Å². The van der Waals surface area contributed by atoms with Gasteiger partial charge in [0.05, 0.1) is 16.8 Å². The van der Waals surface area contributed by atoms with Crippen LogP contribution in [0.4, 0.5) is 0 Å². The van der Waals surface area contributed by atoms with Gasteiger partial charge in [-0.1, -0.05) is 23.2 Å². The Balaban J connectivity index is 1.72. The molecule has 1 amide bonds. The smallest absolute Gasteiger partial charge is 0.275 e. The van der Waals surface area contributed by atoms with Gasteiger partial charge in [0.1, 0.15) is 5.75 Å². The lowest BCUT2D eigenvalue weighted by Gasteiger charge is -2.05. The zero-order chi connectivity index (χ0) is 16.4. The van der Waals surface area contributed by atoms with Crippen molar-refractivity contribution in [2.75, 3.05) is 6.79 Å². The number of benzene rings is 2. The lowest BCUT2D eigenvalue weighted by Crippen LogP contribution is -2.17. The van der Waals surface area contributed by atoms with E-state index < -0.39 is 5.91 Å². The second kappa shape index (κ2) is 6.36. The summed E-state index contributed by atoms with van der Waals surface area (Å²) in [5.74, 6) is 0.278. The van der Waals surface area contributed by atoms with E-state index in [0.717, 1.165) is 0 Å². The number of amides is 1. The molecule has 0 saturated heterocycles. The summed E-state index contributed by atoms with van der Waals surface area (Å²) >= 11 is 11.6. The number of aromatic hydroxyl groups is 1. The first-order valence-corrected chi connectivity index (χ1v) is 7.21. The molecule has 3 rings (SSSR count). The van der Waals surface area contributed by atoms with Crippen molar-refractivity contribution in [2.45, 2.75) is 0 Å². The SMILES string of the molecule is O=C(N/N=C\c1ccc2c(c1)OCO2)c1cc(Cl)cc(Cl)c1O. The number of hydrazone groups is 1. The van der Waals surface area contributed by atoms with Crippen LogP contribution in [0.3, 0.4) is 0 Å². The van der Waals surface area contributed by atoms with Gasteiger partial charge < -0.3 is 14.6 Å². The van der Waals surface area contributed by atoms with E-state index in [-0.39, 0.29) is 28.2 Å². The molecule has 8 heteroatoms. The highest BCUT2D eigenvalue weighted by Crippen LogP contribution is 2.32. The van der Waals surface area contributed by atoms with Gasteiger partial charge in [0.15, 0.2) is 11.5 Å². The van der Waals surface area contributed by atoms with Gasteiger partial charge >= 0.3 is 0 Å². The van der Waals surface area contributed by atoms with Gasteiger partial charge in [-0.25, -0.2) is 5.43 Å². The Labute approximate surface area is 141 Å². The van der Waals surface area contributed by atoms with Gasteiger partial charge in [-0.2, -0.15) is 5.10 Å². The number of nitrogens with one attached hydrogen (secondary N) is 1. The molecular formula is C15H10Cl2N2O4. The maximum absolute atomic E-state index is 12.0. The number of hydrogen-bond acceptors (Lipinski definition) is 5. The second-order valence-corrected chi connectivity index (χ2v) is 5.44. The topological polar surface area (TPSA) is 80.2 Å². The minimum Gasteiger partial charge on any atom is -0.506 e. The van der Waals surface area contributed by atoms with E-state index in [2.05, 4.69) is 10.5 Å². The summed E-state index contributed by atoms with van der Waals surface area (Å²) < 4.78 is 10.4. The van der Waals surface area contributed by atoms with Gasteiger partial charge in [-0.05, 0) is 35.9 Å². The molecule has 0 spiro atoms. The number of fused-ring (bicyclic) bond motifs is 1. The molecule has 2 N–H and O–H groups in total. The van der Waals surface area contributed by atoms with E-state index in [4.69, 9.17) is 32.7 Å². The molecule has 0 fully saturated rings. The third-order valence-corrected chi connectivity index (χ3v) is 3.56. The predicted octanol–water partition coefficient (Wildman–Crippen LogP) is 3.19. The van der Waals surface area contributed by atoms with Crippen molar-refractivity contribution in [1.82, 2.24) is 5.43 Å². The largest absolute Gasteiger partial charge is 0.506 e. The van der Waals surface area contributed by atoms with Crippen molar-refractivity contribution in [1.29, 1.82) is 0 Å². The van der Waals surface area contributed by atoms with Crippen LogP contribution in [0, 0.1) is 0 Å². The van der Waals surface area contributed by atoms with Crippen LogP contribution in [-0.4, -0.2) is 24.0 Å². The Kier molecular flexibility index (Phi) is 4.27. The van der Waals surface area contributed by atoms with Gasteiger partial charge in [0.25, 0.3) is 5.91 Å². The molecule has 0 aliphatic carbocycles. The summed E-state index contributed by atoms with van der Waals surface area (Å²) in [4.78, 5) is 12.0. The molecule has 0 unspecified atom stereocenters. The van der Waals surface area contributed by atoms with Crippen LogP contribution >= 0.6 is 23.2 Å². The fourth-order valence-corrected chi connectivity index (χ4v) is 2.45. The Morgan fingerprint density at radius 1 is 1.22 bits per heavy atom. The maximum Gasteiger partial charge on any atom is 0.275 e. The zero-order valence-electron chi connectivity index (χ0n) is 11.5. The molecule has 1 aliphatic rings. The van der Waals surface area contributed by atoms with Crippen LogP contribution in [-0.2, 0) is 0 Å². The lowest BCUT2D eigenvalue weighted by molar-refractivity contribution is 0.0952. The van der Waals surface area contributed by atoms with Crippen LogP contribution in [0.25, 0.3) is 0 Å². The molecule has 0 radical (unpaired) electrons. The number of phenols is 1. The van der Waals surface area contributed by atoms with Crippen LogP contribution in [0.15, 0.2) is 35.4 Å². The fraction of sp³-hybridized carbons (Fsp3) is 0.0667. The average molecular weight is 353 g/mol. The van der Waals surface area contributed by atoms with Crippen molar-refractivity contribution in [2.24, 2.45) is 5.10 Å². The first-order chi connectivity index (χ1) is 11.0. The third kappa shape index (κ3) is 3.33. The van der Waals surface area contributed by atoms with E-state index in [1.54, 1.807) is 18.2 Å². The minimum absolute atomic E-state index is 0.0117. The average Bonchev–Trinajstić information content (AvgIpc) is 2.98. The molecule has 0 saturated carbocycles. The van der Waals surface area contributed by atoms with Gasteiger partial charge in [0, 0.05) is 5.02 Å². The Morgan fingerprint density at radius 2 is 2.00 bits per heavy atom. The molecule has 1 aliphatic heterocycles. The maximum atomic E-state index is 12.0. The quantitative estimate of drug-likeness (QED) is 0.656.